The Morgan fingerprint density at radius 1 is 0.950 bits per heavy atom. The molecule has 1 aliphatic heterocycles. The molecule has 1 aliphatic rings. The fourth-order valence-electron chi connectivity index (χ4n) is 2.87. The van der Waals surface area contributed by atoms with Gasteiger partial charge < -0.3 is 5.32 Å². The summed E-state index contributed by atoms with van der Waals surface area (Å²) in [5, 5.41) is 5.31. The van der Waals surface area contributed by atoms with Gasteiger partial charge in [0.1, 0.15) is 0 Å². The van der Waals surface area contributed by atoms with Crippen LogP contribution in [0.3, 0.4) is 0 Å². The van der Waals surface area contributed by atoms with E-state index in [2.05, 4.69) is 5.32 Å². The van der Waals surface area contributed by atoms with Gasteiger partial charge in [-0.15, -0.1) is 0 Å². The second kappa shape index (κ2) is 5.85. The van der Waals surface area contributed by atoms with Crippen molar-refractivity contribution in [3.63, 3.8) is 0 Å². The Kier molecular flexibility index (Phi) is 3.94. The van der Waals surface area contributed by atoms with E-state index in [1.54, 1.807) is 0 Å². The van der Waals surface area contributed by atoms with Crippen LogP contribution in [0.5, 0.6) is 0 Å². The van der Waals surface area contributed by atoms with Gasteiger partial charge in [0.05, 0.1) is 6.04 Å². The average Bonchev–Trinajstić information content (AvgIpc) is 2.48. The van der Waals surface area contributed by atoms with Crippen molar-refractivity contribution in [1.29, 1.82) is 0 Å². The maximum atomic E-state index is 13.5. The average molecular weight is 276 g/mol. The van der Waals surface area contributed by atoms with Gasteiger partial charge in [-0.1, -0.05) is 36.4 Å². The van der Waals surface area contributed by atoms with E-state index < -0.39 is 12.5 Å². The summed E-state index contributed by atoms with van der Waals surface area (Å²) in [5.41, 5.74) is 0.709. The molecule has 4 heteroatoms. The van der Waals surface area contributed by atoms with E-state index in [9.17, 15) is 8.78 Å². The fraction of sp³-hybridized carbons (Fsp3) is 0.375. The molecule has 1 saturated heterocycles. The van der Waals surface area contributed by atoms with E-state index >= 15 is 0 Å². The van der Waals surface area contributed by atoms with Crippen molar-refractivity contribution in [2.45, 2.75) is 12.5 Å². The van der Waals surface area contributed by atoms with Crippen LogP contribution in [0.4, 0.5) is 8.78 Å². The van der Waals surface area contributed by atoms with Crippen molar-refractivity contribution in [3.05, 3.63) is 48.0 Å². The van der Waals surface area contributed by atoms with E-state index in [4.69, 9.17) is 0 Å². The highest BCUT2D eigenvalue weighted by atomic mass is 19.3. The zero-order valence-corrected chi connectivity index (χ0v) is 11.2. The second-order valence-corrected chi connectivity index (χ2v) is 5.17. The van der Waals surface area contributed by atoms with Crippen LogP contribution >= 0.6 is 0 Å². The smallest absolute Gasteiger partial charge is 0.258 e. The highest BCUT2D eigenvalue weighted by Gasteiger charge is 2.30. The van der Waals surface area contributed by atoms with Crippen molar-refractivity contribution < 1.29 is 8.78 Å². The van der Waals surface area contributed by atoms with Crippen LogP contribution in [0.15, 0.2) is 42.5 Å². The van der Waals surface area contributed by atoms with Crippen LogP contribution in [0, 0.1) is 0 Å². The summed E-state index contributed by atoms with van der Waals surface area (Å²) in [7, 11) is 0. The van der Waals surface area contributed by atoms with E-state index in [0.29, 0.717) is 18.7 Å². The molecular weight excluding hydrogens is 258 g/mol. The molecule has 0 saturated carbocycles. The van der Waals surface area contributed by atoms with Crippen molar-refractivity contribution in [3.8, 4) is 0 Å². The highest BCUT2D eigenvalue weighted by Crippen LogP contribution is 2.30. The van der Waals surface area contributed by atoms with Gasteiger partial charge in [0, 0.05) is 26.2 Å². The second-order valence-electron chi connectivity index (χ2n) is 5.17. The number of benzene rings is 2. The molecule has 2 aromatic rings. The van der Waals surface area contributed by atoms with Crippen LogP contribution in [0.2, 0.25) is 0 Å². The Bertz CT molecular complexity index is 579. The molecule has 0 aliphatic carbocycles. The Hall–Kier alpha value is -1.52. The summed E-state index contributed by atoms with van der Waals surface area (Å²) in [6.07, 6.45) is -2.37. The SMILES string of the molecule is FC(F)[C@@H](c1ccc2ccccc2c1)N1CCNCC1. The highest BCUT2D eigenvalue weighted by molar-refractivity contribution is 5.83. The topological polar surface area (TPSA) is 15.3 Å². The van der Waals surface area contributed by atoms with Gasteiger partial charge >= 0.3 is 0 Å². The first-order valence-electron chi connectivity index (χ1n) is 6.97. The number of hydrogen-bond acceptors (Lipinski definition) is 2. The van der Waals surface area contributed by atoms with E-state index in [1.807, 2.05) is 47.4 Å². The largest absolute Gasteiger partial charge is 0.314 e. The van der Waals surface area contributed by atoms with Gasteiger partial charge in [0.25, 0.3) is 6.43 Å². The molecular formula is C16H18F2N2. The molecule has 20 heavy (non-hydrogen) atoms. The molecule has 0 aromatic heterocycles. The van der Waals surface area contributed by atoms with Crippen molar-refractivity contribution in [2.75, 3.05) is 26.2 Å². The number of piperazine rings is 1. The standard InChI is InChI=1S/C16H18F2N2/c17-16(18)15(20-9-7-19-8-10-20)14-6-5-12-3-1-2-4-13(12)11-14/h1-6,11,15-16,19H,7-10H2/t15-/m1/s1. The predicted molar refractivity (Wildman–Crippen MR) is 77.1 cm³/mol. The molecule has 0 radical (unpaired) electrons. The third-order valence-electron chi connectivity index (χ3n) is 3.90. The molecule has 0 spiro atoms. The lowest BCUT2D eigenvalue weighted by molar-refractivity contribution is 0.0182. The van der Waals surface area contributed by atoms with E-state index in [1.165, 1.54) is 0 Å². The van der Waals surface area contributed by atoms with Gasteiger partial charge in [-0.05, 0) is 22.4 Å². The number of hydrogen-bond donors (Lipinski definition) is 1. The lowest BCUT2D eigenvalue weighted by Gasteiger charge is -2.34. The third kappa shape index (κ3) is 2.67. The summed E-state index contributed by atoms with van der Waals surface area (Å²) in [6.45, 7) is 2.89. The Labute approximate surface area is 117 Å². The molecule has 2 aromatic carbocycles. The monoisotopic (exact) mass is 276 g/mol. The van der Waals surface area contributed by atoms with Gasteiger partial charge in [0.2, 0.25) is 0 Å². The third-order valence-corrected chi connectivity index (χ3v) is 3.90. The Morgan fingerprint density at radius 3 is 2.35 bits per heavy atom. The number of fused-ring (bicyclic) bond motifs is 1. The van der Waals surface area contributed by atoms with Crippen molar-refractivity contribution in [2.24, 2.45) is 0 Å². The summed E-state index contributed by atoms with van der Waals surface area (Å²) in [4.78, 5) is 1.88. The van der Waals surface area contributed by atoms with E-state index in [-0.39, 0.29) is 0 Å². The zero-order chi connectivity index (χ0) is 13.9. The molecule has 0 bridgehead atoms. The zero-order valence-electron chi connectivity index (χ0n) is 11.2. The summed E-state index contributed by atoms with van der Waals surface area (Å²) < 4.78 is 27.0. The number of rotatable bonds is 3. The van der Waals surface area contributed by atoms with Gasteiger partial charge in [-0.2, -0.15) is 0 Å². The van der Waals surface area contributed by atoms with Gasteiger partial charge in [-0.3, -0.25) is 4.90 Å². The molecule has 1 atom stereocenters. The lowest BCUT2D eigenvalue weighted by Crippen LogP contribution is -2.46. The fourth-order valence-corrected chi connectivity index (χ4v) is 2.87. The minimum atomic E-state index is -2.37. The summed E-state index contributed by atoms with van der Waals surface area (Å²) >= 11 is 0. The summed E-state index contributed by atoms with van der Waals surface area (Å²) in [5.74, 6) is 0. The first-order chi connectivity index (χ1) is 9.75. The van der Waals surface area contributed by atoms with Crippen LogP contribution < -0.4 is 5.32 Å². The molecule has 1 fully saturated rings. The normalized spacial score (nSPS) is 18.6. The Morgan fingerprint density at radius 2 is 1.65 bits per heavy atom. The van der Waals surface area contributed by atoms with Crippen LogP contribution in [-0.2, 0) is 0 Å². The maximum Gasteiger partial charge on any atom is 0.258 e. The maximum absolute atomic E-state index is 13.5. The number of halogens is 2. The van der Waals surface area contributed by atoms with Crippen LogP contribution in [0.25, 0.3) is 10.8 Å². The molecule has 3 rings (SSSR count). The molecule has 1 N–H and O–H groups in total. The summed E-state index contributed by atoms with van der Waals surface area (Å²) in [6, 6.07) is 12.7. The number of nitrogens with zero attached hydrogens (tertiary/aromatic N) is 1. The molecule has 106 valence electrons. The van der Waals surface area contributed by atoms with Crippen LogP contribution in [0.1, 0.15) is 11.6 Å². The number of alkyl halides is 2. The molecule has 2 nitrogen and oxygen atoms in total. The van der Waals surface area contributed by atoms with Crippen molar-refractivity contribution in [1.82, 2.24) is 10.2 Å². The lowest BCUT2D eigenvalue weighted by atomic mass is 10.0. The minimum absolute atomic E-state index is 0.668. The first-order valence-corrected chi connectivity index (χ1v) is 6.97. The molecule has 0 amide bonds. The predicted octanol–water partition coefficient (Wildman–Crippen LogP) is 3.05. The van der Waals surface area contributed by atoms with E-state index in [0.717, 1.165) is 23.9 Å². The molecule has 0 unspecified atom stereocenters. The number of nitrogens with one attached hydrogen (secondary N) is 1. The van der Waals surface area contributed by atoms with Crippen LogP contribution in [-0.4, -0.2) is 37.5 Å². The Balaban J connectivity index is 1.95. The van der Waals surface area contributed by atoms with Gasteiger partial charge in [-0.25, -0.2) is 8.78 Å². The first kappa shape index (κ1) is 13.5. The minimum Gasteiger partial charge on any atom is -0.314 e. The quantitative estimate of drug-likeness (QED) is 0.927. The molecule has 1 heterocycles. The van der Waals surface area contributed by atoms with Crippen molar-refractivity contribution >= 4 is 10.8 Å². The van der Waals surface area contributed by atoms with Gasteiger partial charge in [0.15, 0.2) is 0 Å².